The zero-order valence-electron chi connectivity index (χ0n) is 10.00. The van der Waals surface area contributed by atoms with Crippen molar-refractivity contribution in [1.82, 2.24) is 4.98 Å². The molecular formula is C11H18BrNO2Si. The van der Waals surface area contributed by atoms with Crippen LogP contribution in [0.3, 0.4) is 0 Å². The van der Waals surface area contributed by atoms with Gasteiger partial charge in [0.2, 0.25) is 0 Å². The Labute approximate surface area is 106 Å². The van der Waals surface area contributed by atoms with Crippen LogP contribution in [0.4, 0.5) is 0 Å². The number of pyridine rings is 1. The van der Waals surface area contributed by atoms with Crippen LogP contribution in [0.1, 0.15) is 0 Å². The Bertz CT molecular complexity index is 328. The summed E-state index contributed by atoms with van der Waals surface area (Å²) >= 11 is 3.31. The molecule has 0 radical (unpaired) electrons. The van der Waals surface area contributed by atoms with E-state index in [0.29, 0.717) is 4.60 Å². The Kier molecular flexibility index (Phi) is 5.44. The minimum Gasteiger partial charge on any atom is -0.465 e. The van der Waals surface area contributed by atoms with Gasteiger partial charge in [0.05, 0.1) is 0 Å². The monoisotopic (exact) mass is 303 g/mol. The first-order valence-corrected chi connectivity index (χ1v) is 9.80. The first-order chi connectivity index (χ1) is 7.49. The average Bonchev–Trinajstić information content (AvgIpc) is 2.18. The van der Waals surface area contributed by atoms with Gasteiger partial charge in [-0.3, -0.25) is 0 Å². The van der Waals surface area contributed by atoms with Crippen LogP contribution < -0.4 is 4.74 Å². The Morgan fingerprint density at radius 1 is 1.38 bits per heavy atom. The van der Waals surface area contributed by atoms with Gasteiger partial charge < -0.3 is 9.47 Å². The van der Waals surface area contributed by atoms with Gasteiger partial charge in [-0.25, -0.2) is 4.98 Å². The highest BCUT2D eigenvalue weighted by atomic mass is 79.9. The second kappa shape index (κ2) is 6.37. The molecule has 0 amide bonds. The molecule has 0 aliphatic heterocycles. The van der Waals surface area contributed by atoms with E-state index in [9.17, 15) is 0 Å². The molecule has 1 rings (SSSR count). The quantitative estimate of drug-likeness (QED) is 0.349. The molecule has 1 heterocycles. The van der Waals surface area contributed by atoms with Gasteiger partial charge >= 0.3 is 0 Å². The lowest BCUT2D eigenvalue weighted by Crippen LogP contribution is -2.22. The van der Waals surface area contributed by atoms with Crippen molar-refractivity contribution in [2.24, 2.45) is 0 Å². The molecule has 1 aromatic rings. The fourth-order valence-electron chi connectivity index (χ4n) is 1.02. The van der Waals surface area contributed by atoms with Gasteiger partial charge in [-0.15, -0.1) is 0 Å². The SMILES string of the molecule is C[Si](C)(C)CCOCOc1cccnc1Br. The minimum absolute atomic E-state index is 0.286. The second-order valence-electron chi connectivity index (χ2n) is 4.77. The summed E-state index contributed by atoms with van der Waals surface area (Å²) in [5, 5.41) is 0. The van der Waals surface area contributed by atoms with Crippen molar-refractivity contribution in [2.75, 3.05) is 13.4 Å². The molecule has 0 bridgehead atoms. The van der Waals surface area contributed by atoms with E-state index in [1.165, 1.54) is 0 Å². The summed E-state index contributed by atoms with van der Waals surface area (Å²) in [6, 6.07) is 4.85. The number of aromatic nitrogens is 1. The molecule has 0 aliphatic carbocycles. The summed E-state index contributed by atoms with van der Waals surface area (Å²) in [5.41, 5.74) is 0. The summed E-state index contributed by atoms with van der Waals surface area (Å²) < 4.78 is 11.6. The summed E-state index contributed by atoms with van der Waals surface area (Å²) in [6.07, 6.45) is 1.71. The molecule has 0 fully saturated rings. The maximum absolute atomic E-state index is 5.44. The topological polar surface area (TPSA) is 31.4 Å². The molecule has 0 saturated carbocycles. The van der Waals surface area contributed by atoms with E-state index in [1.54, 1.807) is 6.20 Å². The van der Waals surface area contributed by atoms with E-state index in [0.717, 1.165) is 18.4 Å². The number of hydrogen-bond donors (Lipinski definition) is 0. The Morgan fingerprint density at radius 2 is 2.12 bits per heavy atom. The van der Waals surface area contributed by atoms with Crippen molar-refractivity contribution < 1.29 is 9.47 Å². The highest BCUT2D eigenvalue weighted by Gasteiger charge is 2.12. The van der Waals surface area contributed by atoms with E-state index in [4.69, 9.17) is 9.47 Å². The van der Waals surface area contributed by atoms with Crippen molar-refractivity contribution in [2.45, 2.75) is 25.7 Å². The lowest BCUT2D eigenvalue weighted by molar-refractivity contribution is 0.0213. The summed E-state index contributed by atoms with van der Waals surface area (Å²) in [4.78, 5) is 4.06. The number of ether oxygens (including phenoxy) is 2. The van der Waals surface area contributed by atoms with Crippen molar-refractivity contribution in [3.05, 3.63) is 22.9 Å². The van der Waals surface area contributed by atoms with Crippen molar-refractivity contribution >= 4 is 24.0 Å². The molecule has 5 heteroatoms. The van der Waals surface area contributed by atoms with E-state index in [-0.39, 0.29) is 6.79 Å². The fourth-order valence-corrected chi connectivity index (χ4v) is 2.14. The van der Waals surface area contributed by atoms with Crippen LogP contribution in [0, 0.1) is 0 Å². The third kappa shape index (κ3) is 5.63. The van der Waals surface area contributed by atoms with Gasteiger partial charge in [0.1, 0.15) is 4.60 Å². The third-order valence-corrected chi connectivity index (χ3v) is 4.32. The van der Waals surface area contributed by atoms with E-state index < -0.39 is 8.07 Å². The first-order valence-electron chi connectivity index (χ1n) is 5.30. The van der Waals surface area contributed by atoms with Gasteiger partial charge in [-0.2, -0.15) is 0 Å². The van der Waals surface area contributed by atoms with Crippen molar-refractivity contribution in [1.29, 1.82) is 0 Å². The molecule has 16 heavy (non-hydrogen) atoms. The standard InChI is InChI=1S/C11H18BrNO2Si/c1-16(2,3)8-7-14-9-15-10-5-4-6-13-11(10)12/h4-6H,7-9H2,1-3H3. The van der Waals surface area contributed by atoms with Gasteiger partial charge in [0.25, 0.3) is 0 Å². The normalized spacial score (nSPS) is 11.5. The molecule has 0 unspecified atom stereocenters. The number of nitrogens with zero attached hydrogens (tertiary/aromatic N) is 1. The highest BCUT2D eigenvalue weighted by Crippen LogP contribution is 2.20. The smallest absolute Gasteiger partial charge is 0.189 e. The van der Waals surface area contributed by atoms with Gasteiger partial charge in [0.15, 0.2) is 12.5 Å². The summed E-state index contributed by atoms with van der Waals surface area (Å²) in [6.45, 7) is 8.04. The average molecular weight is 304 g/mol. The van der Waals surface area contributed by atoms with Gasteiger partial charge in [-0.05, 0) is 34.1 Å². The van der Waals surface area contributed by atoms with Gasteiger partial charge in [0, 0.05) is 20.9 Å². The molecule has 0 spiro atoms. The highest BCUT2D eigenvalue weighted by molar-refractivity contribution is 9.10. The zero-order chi connectivity index (χ0) is 12.0. The minimum atomic E-state index is -1.000. The second-order valence-corrected chi connectivity index (χ2v) is 11.1. The van der Waals surface area contributed by atoms with Crippen LogP contribution in [0.5, 0.6) is 5.75 Å². The predicted octanol–water partition coefficient (Wildman–Crippen LogP) is 3.54. The number of halogens is 1. The predicted molar refractivity (Wildman–Crippen MR) is 71.5 cm³/mol. The zero-order valence-corrected chi connectivity index (χ0v) is 12.6. The molecule has 0 saturated heterocycles. The Hall–Kier alpha value is -0.393. The molecular weight excluding hydrogens is 286 g/mol. The maximum Gasteiger partial charge on any atom is 0.189 e. The van der Waals surface area contributed by atoms with Crippen LogP contribution in [-0.2, 0) is 4.74 Å². The van der Waals surface area contributed by atoms with Crippen molar-refractivity contribution in [3.8, 4) is 5.75 Å². The van der Waals surface area contributed by atoms with Crippen LogP contribution in [0.2, 0.25) is 25.7 Å². The van der Waals surface area contributed by atoms with Gasteiger partial charge in [-0.1, -0.05) is 19.6 Å². The molecule has 0 aromatic carbocycles. The largest absolute Gasteiger partial charge is 0.465 e. The van der Waals surface area contributed by atoms with Crippen LogP contribution in [0.25, 0.3) is 0 Å². The summed E-state index contributed by atoms with van der Waals surface area (Å²) in [5.74, 6) is 0.718. The van der Waals surface area contributed by atoms with E-state index in [1.807, 2.05) is 12.1 Å². The third-order valence-electron chi connectivity index (χ3n) is 2.02. The van der Waals surface area contributed by atoms with Crippen molar-refractivity contribution in [3.63, 3.8) is 0 Å². The molecule has 0 aliphatic rings. The Morgan fingerprint density at radius 3 is 2.75 bits per heavy atom. The number of rotatable bonds is 6. The Balaban J connectivity index is 2.19. The molecule has 0 atom stereocenters. The maximum atomic E-state index is 5.44. The van der Waals surface area contributed by atoms with E-state index in [2.05, 4.69) is 40.6 Å². The first kappa shape index (κ1) is 13.7. The lowest BCUT2D eigenvalue weighted by atomic mass is 10.5. The number of hydrogen-bond acceptors (Lipinski definition) is 3. The fraction of sp³-hybridized carbons (Fsp3) is 0.545. The van der Waals surface area contributed by atoms with Crippen LogP contribution in [-0.4, -0.2) is 26.5 Å². The molecule has 1 aromatic heterocycles. The molecule has 90 valence electrons. The lowest BCUT2D eigenvalue weighted by Gasteiger charge is -2.15. The van der Waals surface area contributed by atoms with Crippen LogP contribution >= 0.6 is 15.9 Å². The van der Waals surface area contributed by atoms with E-state index >= 15 is 0 Å². The molecule has 3 nitrogen and oxygen atoms in total. The summed E-state index contributed by atoms with van der Waals surface area (Å²) in [7, 11) is -1.000. The molecule has 0 N–H and O–H groups in total. The van der Waals surface area contributed by atoms with Crippen LogP contribution in [0.15, 0.2) is 22.9 Å².